The van der Waals surface area contributed by atoms with Crippen molar-refractivity contribution < 1.29 is 14.3 Å². The molecule has 7 nitrogen and oxygen atoms in total. The number of hydrogen-bond acceptors (Lipinski definition) is 7. The van der Waals surface area contributed by atoms with Gasteiger partial charge in [-0.05, 0) is 38.3 Å². The zero-order valence-electron chi connectivity index (χ0n) is 16.0. The number of hydrogen-bond donors (Lipinski definition) is 2. The van der Waals surface area contributed by atoms with Gasteiger partial charge in [0.05, 0.1) is 12.0 Å². The molecule has 0 saturated heterocycles. The van der Waals surface area contributed by atoms with Gasteiger partial charge in [-0.25, -0.2) is 14.8 Å². The zero-order valence-corrected chi connectivity index (χ0v) is 16.9. The Kier molecular flexibility index (Phi) is 6.20. The van der Waals surface area contributed by atoms with Crippen LogP contribution >= 0.6 is 11.3 Å². The van der Waals surface area contributed by atoms with Crippen LogP contribution in [0, 0.1) is 13.8 Å². The van der Waals surface area contributed by atoms with E-state index in [0.29, 0.717) is 40.4 Å². The van der Waals surface area contributed by atoms with E-state index in [0.717, 1.165) is 11.1 Å². The maximum atomic E-state index is 12.2. The lowest BCUT2D eigenvalue weighted by molar-refractivity contribution is -0.120. The third kappa shape index (κ3) is 4.45. The highest BCUT2D eigenvalue weighted by Gasteiger charge is 2.20. The van der Waals surface area contributed by atoms with E-state index in [9.17, 15) is 9.59 Å². The van der Waals surface area contributed by atoms with E-state index in [-0.39, 0.29) is 11.9 Å². The number of anilines is 1. The van der Waals surface area contributed by atoms with E-state index in [1.54, 1.807) is 6.92 Å². The second kappa shape index (κ2) is 8.79. The Morgan fingerprint density at radius 3 is 2.61 bits per heavy atom. The van der Waals surface area contributed by atoms with Gasteiger partial charge in [-0.1, -0.05) is 29.8 Å². The lowest BCUT2D eigenvalue weighted by Gasteiger charge is -2.09. The van der Waals surface area contributed by atoms with Crippen LogP contribution < -0.4 is 10.9 Å². The van der Waals surface area contributed by atoms with Crippen molar-refractivity contribution in [2.24, 2.45) is 0 Å². The fourth-order valence-electron chi connectivity index (χ4n) is 2.76. The van der Waals surface area contributed by atoms with E-state index >= 15 is 0 Å². The molecule has 3 aromatic rings. The van der Waals surface area contributed by atoms with Gasteiger partial charge in [-0.15, -0.1) is 11.3 Å². The zero-order chi connectivity index (χ0) is 20.1. The van der Waals surface area contributed by atoms with E-state index in [4.69, 9.17) is 4.74 Å². The molecular weight excluding hydrogens is 376 g/mol. The minimum absolute atomic E-state index is 0.147. The number of rotatable bonds is 7. The van der Waals surface area contributed by atoms with Crippen molar-refractivity contribution >= 4 is 39.2 Å². The van der Waals surface area contributed by atoms with Gasteiger partial charge in [0.25, 0.3) is 0 Å². The largest absolute Gasteiger partial charge is 0.462 e. The molecule has 0 saturated carbocycles. The van der Waals surface area contributed by atoms with Crippen molar-refractivity contribution in [3.8, 4) is 0 Å². The number of esters is 1. The number of amides is 1. The second-order valence-electron chi connectivity index (χ2n) is 6.34. The summed E-state index contributed by atoms with van der Waals surface area (Å²) >= 11 is 1.25. The summed E-state index contributed by atoms with van der Waals surface area (Å²) in [5, 5.41) is 0.703. The number of benzene rings is 1. The van der Waals surface area contributed by atoms with Gasteiger partial charge in [0.1, 0.15) is 16.0 Å². The number of aromatic nitrogens is 2. The summed E-state index contributed by atoms with van der Waals surface area (Å²) in [5.41, 5.74) is 8.57. The topological polar surface area (TPSA) is 93.2 Å². The molecule has 8 heteroatoms. The first-order chi connectivity index (χ1) is 13.5. The van der Waals surface area contributed by atoms with Crippen molar-refractivity contribution in [2.45, 2.75) is 33.6 Å². The van der Waals surface area contributed by atoms with Gasteiger partial charge < -0.3 is 4.74 Å². The van der Waals surface area contributed by atoms with Gasteiger partial charge in [0.15, 0.2) is 5.82 Å². The average Bonchev–Trinajstić information content (AvgIpc) is 3.03. The van der Waals surface area contributed by atoms with Gasteiger partial charge in [-0.2, -0.15) is 0 Å². The summed E-state index contributed by atoms with van der Waals surface area (Å²) in [5.74, 6) is -0.0695. The number of nitrogens with one attached hydrogen (secondary N) is 2. The van der Waals surface area contributed by atoms with Crippen LogP contribution in [-0.2, 0) is 16.0 Å². The summed E-state index contributed by atoms with van der Waals surface area (Å²) in [6.45, 7) is 5.92. The van der Waals surface area contributed by atoms with E-state index in [1.165, 1.54) is 23.2 Å². The fraction of sp³-hybridized carbons (Fsp3) is 0.300. The summed E-state index contributed by atoms with van der Waals surface area (Å²) in [7, 11) is 0. The molecule has 0 aliphatic rings. The Morgan fingerprint density at radius 2 is 1.89 bits per heavy atom. The SMILES string of the molecule is CCOC(=O)c1sc2ncnc(NNC(=O)CCc3ccc(C)cc3)c2c1C. The van der Waals surface area contributed by atoms with Gasteiger partial charge in [0, 0.05) is 6.42 Å². The minimum Gasteiger partial charge on any atom is -0.462 e. The highest BCUT2D eigenvalue weighted by molar-refractivity contribution is 7.20. The summed E-state index contributed by atoms with van der Waals surface area (Å²) < 4.78 is 5.09. The molecule has 0 unspecified atom stereocenters. The van der Waals surface area contributed by atoms with E-state index in [2.05, 4.69) is 20.8 Å². The fourth-order valence-corrected chi connectivity index (χ4v) is 3.80. The monoisotopic (exact) mass is 398 g/mol. The number of nitrogens with zero attached hydrogens (tertiary/aromatic N) is 2. The quantitative estimate of drug-likeness (QED) is 0.467. The molecule has 0 atom stereocenters. The molecule has 0 fully saturated rings. The normalized spacial score (nSPS) is 10.7. The number of aryl methyl sites for hydroxylation is 3. The van der Waals surface area contributed by atoms with Crippen LogP contribution in [0.1, 0.15) is 39.7 Å². The molecule has 0 radical (unpaired) electrons. The van der Waals surface area contributed by atoms with Crippen molar-refractivity contribution in [2.75, 3.05) is 12.0 Å². The highest BCUT2D eigenvalue weighted by atomic mass is 32.1. The molecular formula is C20H22N4O3S. The van der Waals surface area contributed by atoms with Gasteiger partial charge in [-0.3, -0.25) is 15.6 Å². The molecule has 0 bridgehead atoms. The molecule has 1 amide bonds. The van der Waals surface area contributed by atoms with Crippen molar-refractivity contribution in [3.63, 3.8) is 0 Å². The second-order valence-corrected chi connectivity index (χ2v) is 7.34. The van der Waals surface area contributed by atoms with Crippen LogP contribution in [0.2, 0.25) is 0 Å². The molecule has 2 heterocycles. The maximum Gasteiger partial charge on any atom is 0.348 e. The first kappa shape index (κ1) is 19.8. The molecule has 146 valence electrons. The van der Waals surface area contributed by atoms with Crippen LogP contribution in [0.4, 0.5) is 5.82 Å². The predicted molar refractivity (Wildman–Crippen MR) is 109 cm³/mol. The lowest BCUT2D eigenvalue weighted by atomic mass is 10.1. The Morgan fingerprint density at radius 1 is 1.14 bits per heavy atom. The summed E-state index contributed by atoms with van der Waals surface area (Å²) in [6, 6.07) is 8.11. The van der Waals surface area contributed by atoms with Gasteiger partial charge >= 0.3 is 5.97 Å². The Labute approximate surface area is 167 Å². The molecule has 2 aromatic heterocycles. The summed E-state index contributed by atoms with van der Waals surface area (Å²) in [6.07, 6.45) is 2.40. The first-order valence-electron chi connectivity index (χ1n) is 9.01. The standard InChI is InChI=1S/C20H22N4O3S/c1-4-27-20(26)17-13(3)16-18(21-11-22-19(16)28-17)24-23-15(25)10-9-14-7-5-12(2)6-8-14/h5-8,11H,4,9-10H2,1-3H3,(H,23,25)(H,21,22,24). The van der Waals surface area contributed by atoms with Crippen molar-refractivity contribution in [1.29, 1.82) is 0 Å². The average molecular weight is 398 g/mol. The number of carbonyl (C=O) groups is 2. The van der Waals surface area contributed by atoms with E-state index < -0.39 is 0 Å². The van der Waals surface area contributed by atoms with Crippen LogP contribution in [-0.4, -0.2) is 28.5 Å². The maximum absolute atomic E-state index is 12.2. The molecule has 1 aromatic carbocycles. The molecule has 28 heavy (non-hydrogen) atoms. The van der Waals surface area contributed by atoms with Gasteiger partial charge in [0.2, 0.25) is 5.91 Å². The van der Waals surface area contributed by atoms with Crippen LogP contribution in [0.15, 0.2) is 30.6 Å². The molecule has 0 aliphatic heterocycles. The smallest absolute Gasteiger partial charge is 0.348 e. The van der Waals surface area contributed by atoms with Crippen molar-refractivity contribution in [3.05, 3.63) is 52.2 Å². The predicted octanol–water partition coefficient (Wildman–Crippen LogP) is 3.56. The summed E-state index contributed by atoms with van der Waals surface area (Å²) in [4.78, 5) is 33.9. The minimum atomic E-state index is -0.379. The van der Waals surface area contributed by atoms with Crippen molar-refractivity contribution in [1.82, 2.24) is 15.4 Å². The highest BCUT2D eigenvalue weighted by Crippen LogP contribution is 2.33. The Bertz CT molecular complexity index is 999. The molecule has 0 spiro atoms. The number of carbonyl (C=O) groups excluding carboxylic acids is 2. The Hall–Kier alpha value is -3.00. The number of hydrazine groups is 1. The van der Waals surface area contributed by atoms with Crippen LogP contribution in [0.3, 0.4) is 0 Å². The lowest BCUT2D eigenvalue weighted by Crippen LogP contribution is -2.30. The third-order valence-electron chi connectivity index (χ3n) is 4.27. The molecule has 2 N–H and O–H groups in total. The van der Waals surface area contributed by atoms with Crippen LogP contribution in [0.5, 0.6) is 0 Å². The number of ether oxygens (including phenoxy) is 1. The third-order valence-corrected chi connectivity index (χ3v) is 5.45. The Balaban J connectivity index is 1.67. The number of thiophene rings is 1. The molecule has 0 aliphatic carbocycles. The van der Waals surface area contributed by atoms with E-state index in [1.807, 2.05) is 38.1 Å². The van der Waals surface area contributed by atoms with Crippen LogP contribution in [0.25, 0.3) is 10.2 Å². The first-order valence-corrected chi connectivity index (χ1v) is 9.82. The number of fused-ring (bicyclic) bond motifs is 1. The molecule has 3 rings (SSSR count).